The number of rotatable bonds is 12. The summed E-state index contributed by atoms with van der Waals surface area (Å²) in [5.41, 5.74) is 3.24. The molecule has 0 radical (unpaired) electrons. The maximum absolute atomic E-state index is 13.6. The summed E-state index contributed by atoms with van der Waals surface area (Å²) in [7, 11) is 0. The summed E-state index contributed by atoms with van der Waals surface area (Å²) in [4.78, 5) is 28.7. The summed E-state index contributed by atoms with van der Waals surface area (Å²) >= 11 is 0. The number of amides is 1. The van der Waals surface area contributed by atoms with Crippen molar-refractivity contribution in [3.8, 4) is 17.2 Å². The Balaban J connectivity index is 1.55. The highest BCUT2D eigenvalue weighted by molar-refractivity contribution is 6.46. The number of fused-ring (bicyclic) bond motifs is 1. The molecule has 7 heteroatoms. The molecule has 220 valence electrons. The van der Waals surface area contributed by atoms with E-state index in [4.69, 9.17) is 14.2 Å². The van der Waals surface area contributed by atoms with Gasteiger partial charge in [0.05, 0.1) is 24.8 Å². The molecule has 0 saturated carbocycles. The minimum atomic E-state index is -0.787. The maximum Gasteiger partial charge on any atom is 0.295 e. The molecule has 3 aromatic rings. The second-order valence-corrected chi connectivity index (χ2v) is 10.9. The molecule has 2 unspecified atom stereocenters. The lowest BCUT2D eigenvalue weighted by Gasteiger charge is -2.26. The Bertz CT molecular complexity index is 1460. The molecule has 3 aromatic carbocycles. The summed E-state index contributed by atoms with van der Waals surface area (Å²) in [5, 5.41) is 11.6. The molecule has 5 rings (SSSR count). The molecular weight excluding hydrogens is 530 g/mol. The van der Waals surface area contributed by atoms with Crippen LogP contribution in [0.3, 0.4) is 0 Å². The van der Waals surface area contributed by atoms with Crippen LogP contribution in [0, 0.1) is 0 Å². The number of Topliss-reactive ketones (excluding diaryl/α,β-unsaturated/α-hetero) is 1. The van der Waals surface area contributed by atoms with E-state index in [1.807, 2.05) is 74.5 Å². The molecule has 2 aliphatic heterocycles. The van der Waals surface area contributed by atoms with Crippen molar-refractivity contribution < 1.29 is 28.9 Å². The second-order valence-electron chi connectivity index (χ2n) is 10.9. The molecule has 2 atom stereocenters. The van der Waals surface area contributed by atoms with Crippen molar-refractivity contribution in [3.63, 3.8) is 0 Å². The summed E-state index contributed by atoms with van der Waals surface area (Å²) in [6.07, 6.45) is 4.43. The van der Waals surface area contributed by atoms with Crippen LogP contribution < -0.4 is 14.2 Å². The molecule has 0 aliphatic carbocycles. The molecule has 1 N–H and O–H groups in total. The summed E-state index contributed by atoms with van der Waals surface area (Å²) in [6, 6.07) is 20.0. The molecule has 42 heavy (non-hydrogen) atoms. The number of hydrogen-bond acceptors (Lipinski definition) is 6. The van der Waals surface area contributed by atoms with Crippen LogP contribution in [0.2, 0.25) is 0 Å². The smallest absolute Gasteiger partial charge is 0.295 e. The normalized spacial score (nSPS) is 19.1. The fraction of sp³-hybridized carbons (Fsp3) is 0.371. The number of carbonyl (C=O) groups excluding carboxylic acids is 2. The average Bonchev–Trinajstić information content (AvgIpc) is 3.50. The van der Waals surface area contributed by atoms with Gasteiger partial charge in [-0.25, -0.2) is 0 Å². The van der Waals surface area contributed by atoms with E-state index in [2.05, 4.69) is 6.92 Å². The van der Waals surface area contributed by atoms with Gasteiger partial charge in [-0.3, -0.25) is 9.59 Å². The van der Waals surface area contributed by atoms with Crippen LogP contribution in [0.4, 0.5) is 0 Å². The van der Waals surface area contributed by atoms with Gasteiger partial charge in [-0.2, -0.15) is 0 Å². The fourth-order valence-corrected chi connectivity index (χ4v) is 5.69. The standard InChI is InChI=1S/C35H39NO6/c1-4-6-10-19-41-29-16-13-25(22-30(29)40-5-2)32-31(33(37)26-14-15-28-27(21-26)20-23(3)42-28)34(38)35(39)36(32)18-17-24-11-8-7-9-12-24/h7-9,11-16,21-23,32,37H,4-6,10,17-20H2,1-3H3/b33-31+. The summed E-state index contributed by atoms with van der Waals surface area (Å²) in [5.74, 6) is 0.409. The molecule has 1 amide bonds. The second kappa shape index (κ2) is 13.1. The van der Waals surface area contributed by atoms with E-state index in [9.17, 15) is 14.7 Å². The zero-order valence-corrected chi connectivity index (χ0v) is 24.6. The predicted molar refractivity (Wildman–Crippen MR) is 162 cm³/mol. The lowest BCUT2D eigenvalue weighted by Crippen LogP contribution is -2.31. The van der Waals surface area contributed by atoms with Crippen LogP contribution in [0.5, 0.6) is 17.2 Å². The number of aliphatic hydroxyl groups excluding tert-OH is 1. The number of ketones is 1. The van der Waals surface area contributed by atoms with Gasteiger partial charge in [0.25, 0.3) is 11.7 Å². The van der Waals surface area contributed by atoms with Gasteiger partial charge < -0.3 is 24.2 Å². The number of nitrogens with zero attached hydrogens (tertiary/aromatic N) is 1. The van der Waals surface area contributed by atoms with Crippen LogP contribution in [0.25, 0.3) is 5.76 Å². The van der Waals surface area contributed by atoms with Crippen LogP contribution in [0.15, 0.2) is 72.3 Å². The third-order valence-corrected chi connectivity index (χ3v) is 7.78. The molecule has 2 aliphatic rings. The molecule has 2 heterocycles. The van der Waals surface area contributed by atoms with E-state index >= 15 is 0 Å². The van der Waals surface area contributed by atoms with Crippen molar-refractivity contribution in [2.75, 3.05) is 19.8 Å². The highest BCUT2D eigenvalue weighted by atomic mass is 16.5. The Labute approximate surface area is 247 Å². The van der Waals surface area contributed by atoms with Gasteiger partial charge in [-0.1, -0.05) is 56.2 Å². The molecule has 7 nitrogen and oxygen atoms in total. The van der Waals surface area contributed by atoms with Gasteiger partial charge in [-0.05, 0) is 73.7 Å². The van der Waals surface area contributed by atoms with Gasteiger partial charge in [0.1, 0.15) is 17.6 Å². The maximum atomic E-state index is 13.6. The van der Waals surface area contributed by atoms with Crippen LogP contribution >= 0.6 is 0 Å². The molecule has 1 fully saturated rings. The first kappa shape index (κ1) is 29.2. The number of likely N-dealkylation sites (tertiary alicyclic amines) is 1. The van der Waals surface area contributed by atoms with Crippen LogP contribution in [0.1, 0.15) is 68.3 Å². The predicted octanol–water partition coefficient (Wildman–Crippen LogP) is 6.64. The Morgan fingerprint density at radius 3 is 2.55 bits per heavy atom. The first-order chi connectivity index (χ1) is 20.4. The van der Waals surface area contributed by atoms with E-state index in [1.165, 1.54) is 0 Å². The third-order valence-electron chi connectivity index (χ3n) is 7.78. The molecule has 0 aromatic heterocycles. The fourth-order valence-electron chi connectivity index (χ4n) is 5.69. The largest absolute Gasteiger partial charge is 0.507 e. The van der Waals surface area contributed by atoms with Crippen molar-refractivity contribution in [2.24, 2.45) is 0 Å². The Kier molecular flexibility index (Phi) is 9.15. The van der Waals surface area contributed by atoms with Crippen molar-refractivity contribution in [1.29, 1.82) is 0 Å². The Hall–Kier alpha value is -4.26. The van der Waals surface area contributed by atoms with E-state index in [0.717, 1.165) is 36.1 Å². The van der Waals surface area contributed by atoms with Gasteiger partial charge >= 0.3 is 0 Å². The first-order valence-corrected chi connectivity index (χ1v) is 14.9. The van der Waals surface area contributed by atoms with E-state index < -0.39 is 17.7 Å². The highest BCUT2D eigenvalue weighted by Gasteiger charge is 2.46. The molecule has 0 spiro atoms. The van der Waals surface area contributed by atoms with Crippen LogP contribution in [-0.4, -0.2) is 47.6 Å². The van der Waals surface area contributed by atoms with Crippen molar-refractivity contribution in [3.05, 3.63) is 94.6 Å². The zero-order chi connectivity index (χ0) is 29.6. The number of unbranched alkanes of at least 4 members (excludes halogenated alkanes) is 2. The topological polar surface area (TPSA) is 85.3 Å². The molecular formula is C35H39NO6. The van der Waals surface area contributed by atoms with Gasteiger partial charge in [0, 0.05) is 18.5 Å². The first-order valence-electron chi connectivity index (χ1n) is 14.9. The monoisotopic (exact) mass is 569 g/mol. The van der Waals surface area contributed by atoms with E-state index in [0.29, 0.717) is 55.2 Å². The lowest BCUT2D eigenvalue weighted by molar-refractivity contribution is -0.139. The number of benzene rings is 3. The number of carbonyl (C=O) groups is 2. The summed E-state index contributed by atoms with van der Waals surface area (Å²) in [6.45, 7) is 7.35. The van der Waals surface area contributed by atoms with Crippen molar-refractivity contribution in [1.82, 2.24) is 4.90 Å². The number of ether oxygens (including phenoxy) is 3. The zero-order valence-electron chi connectivity index (χ0n) is 24.6. The Morgan fingerprint density at radius 1 is 0.976 bits per heavy atom. The molecule has 0 bridgehead atoms. The van der Waals surface area contributed by atoms with E-state index in [1.54, 1.807) is 11.0 Å². The highest BCUT2D eigenvalue weighted by Crippen LogP contribution is 2.43. The Morgan fingerprint density at radius 2 is 1.79 bits per heavy atom. The van der Waals surface area contributed by atoms with Crippen molar-refractivity contribution >= 4 is 17.4 Å². The number of hydrogen-bond donors (Lipinski definition) is 1. The quantitative estimate of drug-likeness (QED) is 0.114. The molecule has 1 saturated heterocycles. The minimum Gasteiger partial charge on any atom is -0.507 e. The third kappa shape index (κ3) is 6.15. The lowest BCUT2D eigenvalue weighted by atomic mass is 9.94. The minimum absolute atomic E-state index is 0.0423. The average molecular weight is 570 g/mol. The van der Waals surface area contributed by atoms with Gasteiger partial charge in [0.2, 0.25) is 0 Å². The van der Waals surface area contributed by atoms with Crippen molar-refractivity contribution in [2.45, 2.75) is 65.0 Å². The van der Waals surface area contributed by atoms with Gasteiger partial charge in [0.15, 0.2) is 11.5 Å². The summed E-state index contributed by atoms with van der Waals surface area (Å²) < 4.78 is 17.8. The van der Waals surface area contributed by atoms with Crippen LogP contribution in [-0.2, 0) is 22.4 Å². The number of aliphatic hydroxyl groups is 1. The van der Waals surface area contributed by atoms with Gasteiger partial charge in [-0.15, -0.1) is 0 Å². The van der Waals surface area contributed by atoms with E-state index in [-0.39, 0.29) is 17.4 Å². The SMILES string of the molecule is CCCCCOc1ccc(C2/C(=C(\O)c3ccc4c(c3)CC(C)O4)C(=O)C(=O)N2CCc2ccccc2)cc1OCC.